The van der Waals surface area contributed by atoms with Crippen LogP contribution in [-0.4, -0.2) is 11.8 Å². The summed E-state index contributed by atoms with van der Waals surface area (Å²) in [5, 5.41) is 2.29. The molecule has 0 aliphatic rings. The van der Waals surface area contributed by atoms with Gasteiger partial charge in [0.2, 0.25) is 5.91 Å². The molecule has 1 rings (SSSR count). The maximum absolute atomic E-state index is 12.1. The Kier molecular flexibility index (Phi) is 4.72. The van der Waals surface area contributed by atoms with Crippen molar-refractivity contribution in [1.82, 2.24) is 5.32 Å². The van der Waals surface area contributed by atoms with Crippen molar-refractivity contribution in [3.8, 4) is 5.75 Å². The van der Waals surface area contributed by atoms with Crippen LogP contribution in [0.1, 0.15) is 39.5 Å². The van der Waals surface area contributed by atoms with E-state index in [1.165, 1.54) is 6.92 Å². The fourth-order valence-corrected chi connectivity index (χ4v) is 2.42. The maximum atomic E-state index is 12.1. The summed E-state index contributed by atoms with van der Waals surface area (Å²) in [6.45, 7) is 9.02. The summed E-state index contributed by atoms with van der Waals surface area (Å²) in [4.78, 5) is 23.1. The van der Waals surface area contributed by atoms with E-state index in [0.717, 1.165) is 22.3 Å². The minimum absolute atomic E-state index is 0.380. The first-order chi connectivity index (χ1) is 8.31. The molecule has 0 fully saturated rings. The molecule has 1 aromatic rings. The number of halogens is 1. The number of nitrogens with one attached hydrogen (secondary N) is 1. The Balaban J connectivity index is 3.51. The first-order valence-electron chi connectivity index (χ1n) is 5.52. The number of hydrogen-bond donors (Lipinski definition) is 1. The highest BCUT2D eigenvalue weighted by Gasteiger charge is 2.22. The van der Waals surface area contributed by atoms with Gasteiger partial charge in [-0.1, -0.05) is 0 Å². The summed E-state index contributed by atoms with van der Waals surface area (Å²) in [5.41, 5.74) is 4.32. The van der Waals surface area contributed by atoms with Crippen molar-refractivity contribution in [3.63, 3.8) is 0 Å². The smallest absolute Gasteiger partial charge is 0.261 e. The molecular weight excluding hydrogens is 345 g/mol. The van der Waals surface area contributed by atoms with Crippen LogP contribution in [0.4, 0.5) is 0 Å². The van der Waals surface area contributed by atoms with Gasteiger partial charge in [0, 0.05) is 6.92 Å². The zero-order valence-corrected chi connectivity index (χ0v) is 13.3. The molecule has 0 atom stereocenters. The summed E-state index contributed by atoms with van der Waals surface area (Å²) in [6.07, 6.45) is 0. The minimum Gasteiger partial charge on any atom is -0.427 e. The normalized spacial score (nSPS) is 10.1. The molecule has 0 bridgehead atoms. The lowest BCUT2D eigenvalue weighted by Crippen LogP contribution is -2.29. The maximum Gasteiger partial charge on any atom is 0.261 e. The molecule has 5 heteroatoms. The van der Waals surface area contributed by atoms with Crippen molar-refractivity contribution < 1.29 is 12.7 Å². The first-order valence-corrected chi connectivity index (χ1v) is 6.40. The highest BCUT2D eigenvalue weighted by molar-refractivity contribution is 14.1. The molecule has 0 spiro atoms. The second-order valence-electron chi connectivity index (χ2n) is 4.29. The second kappa shape index (κ2) is 5.69. The van der Waals surface area contributed by atoms with E-state index >= 15 is 0 Å². The van der Waals surface area contributed by atoms with Crippen LogP contribution in [0.5, 0.6) is 5.75 Å². The molecule has 0 aromatic heterocycles. The van der Waals surface area contributed by atoms with Crippen LogP contribution in [0.3, 0.4) is 0 Å². The molecule has 2 amide bonds. The Bertz CT molecular complexity index is 524. The number of imide groups is 1. The number of benzene rings is 1. The highest BCUT2D eigenvalue weighted by Crippen LogP contribution is 2.33. The van der Waals surface area contributed by atoms with Crippen LogP contribution in [0.2, 0.25) is 0 Å². The predicted molar refractivity (Wildman–Crippen MR) is 78.2 cm³/mol. The summed E-state index contributed by atoms with van der Waals surface area (Å²) in [6, 6.07) is 0. The number of carbonyl (C=O) groups excluding carboxylic acids is 2. The van der Waals surface area contributed by atoms with Gasteiger partial charge in [-0.15, -0.1) is 0 Å². The molecule has 18 heavy (non-hydrogen) atoms. The van der Waals surface area contributed by atoms with E-state index in [0.29, 0.717) is 11.3 Å². The van der Waals surface area contributed by atoms with E-state index in [4.69, 9.17) is 3.07 Å². The van der Waals surface area contributed by atoms with Crippen molar-refractivity contribution >= 4 is 34.8 Å². The number of amides is 2. The fraction of sp³-hybridized carbons (Fsp3) is 0.385. The van der Waals surface area contributed by atoms with Gasteiger partial charge >= 0.3 is 0 Å². The van der Waals surface area contributed by atoms with Crippen molar-refractivity contribution in [2.75, 3.05) is 0 Å². The van der Waals surface area contributed by atoms with Gasteiger partial charge in [-0.05, 0) is 49.9 Å². The zero-order chi connectivity index (χ0) is 14.0. The average molecular weight is 361 g/mol. The summed E-state index contributed by atoms with van der Waals surface area (Å²) < 4.78 is 5.29. The molecule has 4 nitrogen and oxygen atoms in total. The third kappa shape index (κ3) is 2.66. The fourth-order valence-electron chi connectivity index (χ4n) is 1.87. The van der Waals surface area contributed by atoms with Gasteiger partial charge in [-0.2, -0.15) is 0 Å². The molecule has 0 heterocycles. The number of hydrogen-bond acceptors (Lipinski definition) is 3. The standard InChI is InChI=1S/C13H16INO3/c1-6-7(2)9(4)12(18-14)11(8(6)3)13(17)15-10(5)16/h1-5H3,(H,15,16,17). The molecule has 0 saturated heterocycles. The highest BCUT2D eigenvalue weighted by atomic mass is 127. The molecule has 0 radical (unpaired) electrons. The molecule has 0 unspecified atom stereocenters. The molecule has 1 N–H and O–H groups in total. The molecular formula is C13H16INO3. The summed E-state index contributed by atoms with van der Waals surface area (Å²) in [5.74, 6) is -0.275. The van der Waals surface area contributed by atoms with E-state index in [2.05, 4.69) is 5.32 Å². The first kappa shape index (κ1) is 14.9. The van der Waals surface area contributed by atoms with Crippen LogP contribution < -0.4 is 8.38 Å². The van der Waals surface area contributed by atoms with Gasteiger partial charge in [0.05, 0.1) is 5.56 Å². The lowest BCUT2D eigenvalue weighted by Gasteiger charge is -2.17. The van der Waals surface area contributed by atoms with Gasteiger partial charge in [0.25, 0.3) is 5.91 Å². The zero-order valence-electron chi connectivity index (χ0n) is 11.1. The molecule has 98 valence electrons. The molecule has 0 aliphatic carbocycles. The van der Waals surface area contributed by atoms with Gasteiger partial charge in [-0.25, -0.2) is 0 Å². The van der Waals surface area contributed by atoms with Crippen LogP contribution >= 0.6 is 23.0 Å². The van der Waals surface area contributed by atoms with Gasteiger partial charge < -0.3 is 3.07 Å². The Morgan fingerprint density at radius 3 is 1.94 bits per heavy atom. The third-order valence-corrected chi connectivity index (χ3v) is 3.66. The Morgan fingerprint density at radius 2 is 1.50 bits per heavy atom. The number of carbonyl (C=O) groups is 2. The van der Waals surface area contributed by atoms with Gasteiger partial charge in [0.15, 0.2) is 23.0 Å². The topological polar surface area (TPSA) is 55.4 Å². The van der Waals surface area contributed by atoms with E-state index in [9.17, 15) is 9.59 Å². The minimum atomic E-state index is -0.419. The van der Waals surface area contributed by atoms with E-state index in [1.54, 1.807) is 23.0 Å². The van der Waals surface area contributed by atoms with Crippen LogP contribution in [0.15, 0.2) is 0 Å². The summed E-state index contributed by atoms with van der Waals surface area (Å²) in [7, 11) is 0. The third-order valence-electron chi connectivity index (χ3n) is 3.22. The Labute approximate surface area is 121 Å². The SMILES string of the molecule is CC(=O)NC(=O)c1c(C)c(C)c(C)c(C)c1OI. The summed E-state index contributed by atoms with van der Waals surface area (Å²) >= 11 is 1.75. The van der Waals surface area contributed by atoms with E-state index in [1.807, 2.05) is 27.7 Å². The van der Waals surface area contributed by atoms with Gasteiger partial charge in [-0.3, -0.25) is 14.9 Å². The van der Waals surface area contributed by atoms with Crippen molar-refractivity contribution in [1.29, 1.82) is 0 Å². The van der Waals surface area contributed by atoms with Gasteiger partial charge in [0.1, 0.15) is 5.75 Å². The Hall–Kier alpha value is -1.11. The van der Waals surface area contributed by atoms with Crippen LogP contribution in [-0.2, 0) is 4.79 Å². The lowest BCUT2D eigenvalue weighted by atomic mass is 9.93. The quantitative estimate of drug-likeness (QED) is 0.825. The largest absolute Gasteiger partial charge is 0.427 e. The van der Waals surface area contributed by atoms with Crippen molar-refractivity contribution in [2.24, 2.45) is 0 Å². The monoisotopic (exact) mass is 361 g/mol. The molecule has 0 saturated carbocycles. The molecule has 1 aromatic carbocycles. The van der Waals surface area contributed by atoms with Crippen LogP contribution in [0.25, 0.3) is 0 Å². The lowest BCUT2D eigenvalue weighted by molar-refractivity contribution is -0.118. The van der Waals surface area contributed by atoms with Crippen LogP contribution in [0, 0.1) is 27.7 Å². The Morgan fingerprint density at radius 1 is 1.00 bits per heavy atom. The number of rotatable bonds is 2. The van der Waals surface area contributed by atoms with Crippen molar-refractivity contribution in [3.05, 3.63) is 27.8 Å². The second-order valence-corrected chi connectivity index (χ2v) is 4.73. The average Bonchev–Trinajstić information content (AvgIpc) is 2.29. The predicted octanol–water partition coefficient (Wildman–Crippen LogP) is 2.93. The van der Waals surface area contributed by atoms with E-state index in [-0.39, 0.29) is 5.91 Å². The van der Waals surface area contributed by atoms with E-state index < -0.39 is 5.91 Å². The van der Waals surface area contributed by atoms with Crippen molar-refractivity contribution in [2.45, 2.75) is 34.6 Å². The molecule has 0 aliphatic heterocycles.